The molecule has 0 unspecified atom stereocenters. The molecule has 1 aromatic carbocycles. The van der Waals surface area contributed by atoms with Crippen LogP contribution in [0.25, 0.3) is 0 Å². The number of hydrogen-bond acceptors (Lipinski definition) is 3. The van der Waals surface area contributed by atoms with E-state index < -0.39 is 0 Å². The molecule has 0 aliphatic carbocycles. The Balaban J connectivity index is 2.69. The second kappa shape index (κ2) is 6.10. The molecule has 0 atom stereocenters. The lowest BCUT2D eigenvalue weighted by Crippen LogP contribution is -2.36. The highest BCUT2D eigenvalue weighted by atomic mass is 16.5. The maximum Gasteiger partial charge on any atom is 0.122 e. The van der Waals surface area contributed by atoms with Crippen LogP contribution in [0.1, 0.15) is 32.8 Å². The molecule has 3 heteroatoms. The number of aryl methyl sites for hydroxylation is 1. The van der Waals surface area contributed by atoms with Crippen molar-refractivity contribution in [3.05, 3.63) is 23.8 Å². The summed E-state index contributed by atoms with van der Waals surface area (Å²) in [5.74, 6) is 0.966. The number of hydrogen-bond donors (Lipinski definition) is 1. The molecule has 1 rings (SSSR count). The predicted molar refractivity (Wildman–Crippen MR) is 78.5 cm³/mol. The van der Waals surface area contributed by atoms with E-state index in [2.05, 4.69) is 44.9 Å². The van der Waals surface area contributed by atoms with Crippen molar-refractivity contribution in [2.45, 2.75) is 39.7 Å². The van der Waals surface area contributed by atoms with Crippen LogP contribution in [-0.4, -0.2) is 25.7 Å². The van der Waals surface area contributed by atoms with Crippen LogP contribution in [0.15, 0.2) is 18.2 Å². The summed E-state index contributed by atoms with van der Waals surface area (Å²) >= 11 is 0. The van der Waals surface area contributed by atoms with E-state index in [1.807, 2.05) is 13.0 Å². The molecule has 0 aliphatic rings. The minimum Gasteiger partial charge on any atom is -0.494 e. The molecule has 0 aromatic heterocycles. The Bertz CT molecular complexity index is 383. The van der Waals surface area contributed by atoms with E-state index in [9.17, 15) is 0 Å². The van der Waals surface area contributed by atoms with Gasteiger partial charge < -0.3 is 15.4 Å². The van der Waals surface area contributed by atoms with Gasteiger partial charge in [0.05, 0.1) is 6.61 Å². The monoisotopic (exact) mass is 250 g/mol. The van der Waals surface area contributed by atoms with E-state index in [4.69, 9.17) is 10.5 Å². The first-order chi connectivity index (χ1) is 8.33. The Morgan fingerprint density at radius 1 is 1.33 bits per heavy atom. The summed E-state index contributed by atoms with van der Waals surface area (Å²) in [6.45, 7) is 9.86. The molecule has 0 saturated carbocycles. The summed E-state index contributed by atoms with van der Waals surface area (Å²) in [6, 6.07) is 6.30. The van der Waals surface area contributed by atoms with Gasteiger partial charge in [-0.2, -0.15) is 0 Å². The molecule has 102 valence electrons. The lowest BCUT2D eigenvalue weighted by Gasteiger charge is -2.25. The quantitative estimate of drug-likeness (QED) is 0.843. The lowest BCUT2D eigenvalue weighted by atomic mass is 10.0. The lowest BCUT2D eigenvalue weighted by molar-refractivity contribution is 0.338. The smallest absolute Gasteiger partial charge is 0.122 e. The zero-order valence-corrected chi connectivity index (χ0v) is 12.3. The minimum atomic E-state index is -0.117. The van der Waals surface area contributed by atoms with Crippen LogP contribution < -0.4 is 15.4 Å². The maximum atomic E-state index is 6.01. The Morgan fingerprint density at radius 3 is 2.50 bits per heavy atom. The molecule has 0 amide bonds. The first-order valence-corrected chi connectivity index (χ1v) is 6.57. The van der Waals surface area contributed by atoms with Crippen LogP contribution in [0, 0.1) is 6.92 Å². The molecule has 0 radical (unpaired) electrons. The van der Waals surface area contributed by atoms with Crippen LogP contribution in [0.4, 0.5) is 5.69 Å². The molecule has 0 fully saturated rings. The van der Waals surface area contributed by atoms with Gasteiger partial charge in [-0.3, -0.25) is 0 Å². The summed E-state index contributed by atoms with van der Waals surface area (Å²) < 4.78 is 5.55. The van der Waals surface area contributed by atoms with Crippen molar-refractivity contribution in [2.24, 2.45) is 5.73 Å². The van der Waals surface area contributed by atoms with Gasteiger partial charge in [-0.1, -0.05) is 0 Å². The molecule has 1 aromatic rings. The van der Waals surface area contributed by atoms with Crippen LogP contribution in [0.3, 0.4) is 0 Å². The maximum absolute atomic E-state index is 6.01. The Hall–Kier alpha value is -1.22. The summed E-state index contributed by atoms with van der Waals surface area (Å²) in [6.07, 6.45) is 0.968. The first kappa shape index (κ1) is 14.8. The van der Waals surface area contributed by atoms with Gasteiger partial charge in [-0.25, -0.2) is 0 Å². The standard InChI is InChI=1S/C15H26N2O/c1-6-18-14-8-7-13(11-12(14)2)17(5)10-9-15(3,4)16/h7-8,11H,6,9-10,16H2,1-5H3. The van der Waals surface area contributed by atoms with Crippen molar-refractivity contribution in [1.29, 1.82) is 0 Å². The summed E-state index contributed by atoms with van der Waals surface area (Å²) in [4.78, 5) is 2.23. The van der Waals surface area contributed by atoms with Gasteiger partial charge in [0.25, 0.3) is 0 Å². The summed E-state index contributed by atoms with van der Waals surface area (Å²) in [5.41, 5.74) is 8.28. The van der Waals surface area contributed by atoms with Crippen molar-refractivity contribution in [3.63, 3.8) is 0 Å². The SMILES string of the molecule is CCOc1ccc(N(C)CCC(C)(C)N)cc1C. The van der Waals surface area contributed by atoms with Crippen molar-refractivity contribution in [2.75, 3.05) is 25.1 Å². The van der Waals surface area contributed by atoms with E-state index in [0.29, 0.717) is 6.61 Å². The molecular weight excluding hydrogens is 224 g/mol. The van der Waals surface area contributed by atoms with Crippen molar-refractivity contribution in [3.8, 4) is 5.75 Å². The molecule has 2 N–H and O–H groups in total. The average Bonchev–Trinajstić information content (AvgIpc) is 2.28. The van der Waals surface area contributed by atoms with E-state index >= 15 is 0 Å². The van der Waals surface area contributed by atoms with Gasteiger partial charge in [0.1, 0.15) is 5.75 Å². The molecular formula is C15H26N2O. The molecule has 18 heavy (non-hydrogen) atoms. The highest BCUT2D eigenvalue weighted by molar-refractivity contribution is 5.52. The first-order valence-electron chi connectivity index (χ1n) is 6.57. The molecule has 0 bridgehead atoms. The van der Waals surface area contributed by atoms with Gasteiger partial charge in [0.2, 0.25) is 0 Å². The number of nitrogens with zero attached hydrogens (tertiary/aromatic N) is 1. The summed E-state index contributed by atoms with van der Waals surface area (Å²) in [5, 5.41) is 0. The normalized spacial score (nSPS) is 11.4. The van der Waals surface area contributed by atoms with Gasteiger partial charge in [-0.15, -0.1) is 0 Å². The predicted octanol–water partition coefficient (Wildman–Crippen LogP) is 2.96. The molecule has 0 heterocycles. The zero-order chi connectivity index (χ0) is 13.8. The van der Waals surface area contributed by atoms with Crippen LogP contribution in [-0.2, 0) is 0 Å². The molecule has 3 nitrogen and oxygen atoms in total. The van der Waals surface area contributed by atoms with E-state index in [1.54, 1.807) is 0 Å². The van der Waals surface area contributed by atoms with Crippen LogP contribution in [0.5, 0.6) is 5.75 Å². The van der Waals surface area contributed by atoms with Crippen molar-refractivity contribution >= 4 is 5.69 Å². The molecule has 0 saturated heterocycles. The number of benzene rings is 1. The van der Waals surface area contributed by atoms with Gasteiger partial charge in [0.15, 0.2) is 0 Å². The Labute approximate surface area is 111 Å². The molecule has 0 spiro atoms. The molecule has 0 aliphatic heterocycles. The third-order valence-corrected chi connectivity index (χ3v) is 2.99. The average molecular weight is 250 g/mol. The number of anilines is 1. The Morgan fingerprint density at radius 2 is 2.00 bits per heavy atom. The van der Waals surface area contributed by atoms with Gasteiger partial charge in [0, 0.05) is 24.8 Å². The van der Waals surface area contributed by atoms with Gasteiger partial charge in [-0.05, 0) is 57.9 Å². The largest absolute Gasteiger partial charge is 0.494 e. The number of rotatable bonds is 6. The van der Waals surface area contributed by atoms with Gasteiger partial charge >= 0.3 is 0 Å². The topological polar surface area (TPSA) is 38.5 Å². The fourth-order valence-corrected chi connectivity index (χ4v) is 1.77. The number of ether oxygens (including phenoxy) is 1. The Kier molecular flexibility index (Phi) is 5.03. The van der Waals surface area contributed by atoms with Crippen molar-refractivity contribution < 1.29 is 4.74 Å². The second-order valence-electron chi connectivity index (χ2n) is 5.54. The van der Waals surface area contributed by atoms with E-state index in [0.717, 1.165) is 18.7 Å². The minimum absolute atomic E-state index is 0.117. The van der Waals surface area contributed by atoms with E-state index in [1.165, 1.54) is 11.3 Å². The fraction of sp³-hybridized carbons (Fsp3) is 0.600. The van der Waals surface area contributed by atoms with Crippen LogP contribution in [0.2, 0.25) is 0 Å². The fourth-order valence-electron chi connectivity index (χ4n) is 1.77. The summed E-state index contributed by atoms with van der Waals surface area (Å²) in [7, 11) is 2.10. The highest BCUT2D eigenvalue weighted by Gasteiger charge is 2.12. The third-order valence-electron chi connectivity index (χ3n) is 2.99. The van der Waals surface area contributed by atoms with Crippen molar-refractivity contribution in [1.82, 2.24) is 0 Å². The zero-order valence-electron chi connectivity index (χ0n) is 12.3. The second-order valence-corrected chi connectivity index (χ2v) is 5.54. The third kappa shape index (κ3) is 4.57. The van der Waals surface area contributed by atoms with E-state index in [-0.39, 0.29) is 5.54 Å². The van der Waals surface area contributed by atoms with Crippen LogP contribution >= 0.6 is 0 Å². The highest BCUT2D eigenvalue weighted by Crippen LogP contribution is 2.24. The number of nitrogens with two attached hydrogens (primary N) is 1.